The van der Waals surface area contributed by atoms with Gasteiger partial charge in [-0.05, 0) is 47.9 Å². The molecule has 2 N–H and O–H groups in total. The molecule has 2 nitrogen and oxygen atoms in total. The molecule has 0 aliphatic rings. The Bertz CT molecular complexity index is 532. The van der Waals surface area contributed by atoms with Crippen molar-refractivity contribution in [2.45, 2.75) is 6.92 Å². The first-order valence-electron chi connectivity index (χ1n) is 5.31. The Morgan fingerprint density at radius 3 is 2.41 bits per heavy atom. The van der Waals surface area contributed by atoms with Crippen LogP contribution in [0.25, 0.3) is 11.1 Å². The lowest BCUT2D eigenvalue weighted by molar-refractivity contribution is 0.386. The fourth-order valence-corrected chi connectivity index (χ4v) is 1.83. The number of methoxy groups -OCH3 is 1. The molecule has 0 saturated heterocycles. The normalized spacial score (nSPS) is 10.3. The van der Waals surface area contributed by atoms with Crippen LogP contribution in [0.1, 0.15) is 5.56 Å². The molecule has 17 heavy (non-hydrogen) atoms. The minimum Gasteiger partial charge on any atom is -0.494 e. The lowest BCUT2D eigenvalue weighted by Gasteiger charge is -2.07. The van der Waals surface area contributed by atoms with Gasteiger partial charge in [0.2, 0.25) is 0 Å². The van der Waals surface area contributed by atoms with Crippen molar-refractivity contribution in [2.75, 3.05) is 12.8 Å². The summed E-state index contributed by atoms with van der Waals surface area (Å²) in [5.41, 5.74) is 9.20. The Morgan fingerprint density at radius 1 is 1.06 bits per heavy atom. The first-order chi connectivity index (χ1) is 8.10. The fourth-order valence-electron chi connectivity index (χ4n) is 1.83. The highest BCUT2D eigenvalue weighted by molar-refractivity contribution is 5.69. The molecule has 2 aromatic carbocycles. The second-order valence-corrected chi connectivity index (χ2v) is 3.98. The molecule has 0 heterocycles. The Morgan fingerprint density at radius 2 is 1.82 bits per heavy atom. The van der Waals surface area contributed by atoms with Crippen LogP contribution in [0.4, 0.5) is 10.1 Å². The Kier molecular flexibility index (Phi) is 3.00. The van der Waals surface area contributed by atoms with Crippen LogP contribution in [0, 0.1) is 12.7 Å². The van der Waals surface area contributed by atoms with Crippen LogP contribution in [0.2, 0.25) is 0 Å². The number of halogens is 1. The van der Waals surface area contributed by atoms with E-state index in [-0.39, 0.29) is 11.6 Å². The van der Waals surface area contributed by atoms with E-state index in [9.17, 15) is 4.39 Å². The van der Waals surface area contributed by atoms with E-state index in [0.717, 1.165) is 16.7 Å². The highest BCUT2D eigenvalue weighted by atomic mass is 19.1. The van der Waals surface area contributed by atoms with E-state index in [1.54, 1.807) is 6.07 Å². The second kappa shape index (κ2) is 4.45. The zero-order valence-electron chi connectivity index (χ0n) is 9.83. The summed E-state index contributed by atoms with van der Waals surface area (Å²) in [5.74, 6) is -0.126. The molecule has 0 saturated carbocycles. The molecule has 0 aliphatic heterocycles. The van der Waals surface area contributed by atoms with Gasteiger partial charge in [-0.2, -0.15) is 0 Å². The SMILES string of the molecule is COc1ccc(-c2cc(C)cc(N)c2)cc1F. The fraction of sp³-hybridized carbons (Fsp3) is 0.143. The third-order valence-electron chi connectivity index (χ3n) is 2.58. The minimum absolute atomic E-state index is 0.245. The zero-order chi connectivity index (χ0) is 12.4. The number of rotatable bonds is 2. The zero-order valence-corrected chi connectivity index (χ0v) is 9.83. The van der Waals surface area contributed by atoms with Crippen molar-refractivity contribution in [3.63, 3.8) is 0 Å². The maximum Gasteiger partial charge on any atom is 0.165 e. The molecule has 0 unspecified atom stereocenters. The van der Waals surface area contributed by atoms with Gasteiger partial charge in [-0.1, -0.05) is 12.1 Å². The summed E-state index contributed by atoms with van der Waals surface area (Å²) in [5, 5.41) is 0. The Hall–Kier alpha value is -2.03. The van der Waals surface area contributed by atoms with Crippen molar-refractivity contribution >= 4 is 5.69 Å². The minimum atomic E-state index is -0.370. The third-order valence-corrected chi connectivity index (χ3v) is 2.58. The molecule has 0 amide bonds. The molecule has 0 radical (unpaired) electrons. The number of hydrogen-bond donors (Lipinski definition) is 1. The largest absolute Gasteiger partial charge is 0.494 e. The van der Waals surface area contributed by atoms with Crippen molar-refractivity contribution < 1.29 is 9.13 Å². The quantitative estimate of drug-likeness (QED) is 0.804. The maximum atomic E-state index is 13.6. The maximum absolute atomic E-state index is 13.6. The molecule has 88 valence electrons. The molecule has 0 atom stereocenters. The smallest absolute Gasteiger partial charge is 0.165 e. The van der Waals surface area contributed by atoms with E-state index in [2.05, 4.69) is 0 Å². The van der Waals surface area contributed by atoms with Crippen molar-refractivity contribution in [3.05, 3.63) is 47.8 Å². The molecule has 0 spiro atoms. The predicted octanol–water partition coefficient (Wildman–Crippen LogP) is 3.39. The number of anilines is 1. The number of nitrogens with two attached hydrogens (primary N) is 1. The standard InChI is InChI=1S/C14H14FNO/c1-9-5-11(7-12(16)6-9)10-3-4-14(17-2)13(15)8-10/h3-8H,16H2,1-2H3. The second-order valence-electron chi connectivity index (χ2n) is 3.98. The van der Waals surface area contributed by atoms with E-state index < -0.39 is 0 Å². The van der Waals surface area contributed by atoms with Gasteiger partial charge in [0.25, 0.3) is 0 Å². The summed E-state index contributed by atoms with van der Waals surface area (Å²) in [6.07, 6.45) is 0. The van der Waals surface area contributed by atoms with Gasteiger partial charge in [-0.3, -0.25) is 0 Å². The van der Waals surface area contributed by atoms with E-state index in [1.807, 2.05) is 31.2 Å². The topological polar surface area (TPSA) is 35.2 Å². The first-order valence-corrected chi connectivity index (χ1v) is 5.31. The number of nitrogen functional groups attached to an aromatic ring is 1. The van der Waals surface area contributed by atoms with Crippen LogP contribution in [-0.2, 0) is 0 Å². The number of aryl methyl sites for hydroxylation is 1. The van der Waals surface area contributed by atoms with Crippen LogP contribution in [-0.4, -0.2) is 7.11 Å². The Labute approximate surface area is 99.8 Å². The summed E-state index contributed by atoms with van der Waals surface area (Å²) >= 11 is 0. The van der Waals surface area contributed by atoms with Crippen molar-refractivity contribution in [3.8, 4) is 16.9 Å². The number of ether oxygens (including phenoxy) is 1. The van der Waals surface area contributed by atoms with Crippen molar-refractivity contribution in [1.29, 1.82) is 0 Å². The molecule has 2 aromatic rings. The van der Waals surface area contributed by atoms with Crippen LogP contribution in [0.5, 0.6) is 5.75 Å². The van der Waals surface area contributed by atoms with Gasteiger partial charge in [-0.15, -0.1) is 0 Å². The predicted molar refractivity (Wildman–Crippen MR) is 67.5 cm³/mol. The van der Waals surface area contributed by atoms with Crippen LogP contribution >= 0.6 is 0 Å². The lowest BCUT2D eigenvalue weighted by Crippen LogP contribution is -1.90. The van der Waals surface area contributed by atoms with Gasteiger partial charge in [0.15, 0.2) is 11.6 Å². The van der Waals surface area contributed by atoms with Gasteiger partial charge in [0.1, 0.15) is 0 Å². The van der Waals surface area contributed by atoms with Gasteiger partial charge in [0, 0.05) is 5.69 Å². The van der Waals surface area contributed by atoms with Gasteiger partial charge in [0.05, 0.1) is 7.11 Å². The highest BCUT2D eigenvalue weighted by Crippen LogP contribution is 2.27. The molecule has 2 rings (SSSR count). The van der Waals surface area contributed by atoms with E-state index >= 15 is 0 Å². The van der Waals surface area contributed by atoms with Crippen LogP contribution in [0.15, 0.2) is 36.4 Å². The summed E-state index contributed by atoms with van der Waals surface area (Å²) in [6.45, 7) is 1.96. The average molecular weight is 231 g/mol. The average Bonchev–Trinajstić information content (AvgIpc) is 2.27. The third kappa shape index (κ3) is 2.38. The summed E-state index contributed by atoms with van der Waals surface area (Å²) in [7, 11) is 1.45. The van der Waals surface area contributed by atoms with E-state index in [0.29, 0.717) is 5.69 Å². The van der Waals surface area contributed by atoms with Crippen molar-refractivity contribution in [2.24, 2.45) is 0 Å². The number of hydrogen-bond acceptors (Lipinski definition) is 2. The first kappa shape index (κ1) is 11.5. The molecule has 3 heteroatoms. The van der Waals surface area contributed by atoms with Crippen molar-refractivity contribution in [1.82, 2.24) is 0 Å². The molecule has 0 aliphatic carbocycles. The van der Waals surface area contributed by atoms with Crippen LogP contribution < -0.4 is 10.5 Å². The molecular formula is C14H14FNO. The van der Waals surface area contributed by atoms with Gasteiger partial charge in [-0.25, -0.2) is 4.39 Å². The van der Waals surface area contributed by atoms with E-state index in [1.165, 1.54) is 13.2 Å². The van der Waals surface area contributed by atoms with E-state index in [4.69, 9.17) is 10.5 Å². The molecule has 0 fully saturated rings. The highest BCUT2D eigenvalue weighted by Gasteiger charge is 2.06. The monoisotopic (exact) mass is 231 g/mol. The summed E-state index contributed by atoms with van der Waals surface area (Å²) in [6, 6.07) is 10.6. The lowest BCUT2D eigenvalue weighted by atomic mass is 10.0. The number of benzene rings is 2. The molecule has 0 aromatic heterocycles. The van der Waals surface area contributed by atoms with Gasteiger partial charge >= 0.3 is 0 Å². The molecular weight excluding hydrogens is 217 g/mol. The summed E-state index contributed by atoms with van der Waals surface area (Å²) in [4.78, 5) is 0. The van der Waals surface area contributed by atoms with Crippen LogP contribution in [0.3, 0.4) is 0 Å². The summed E-state index contributed by atoms with van der Waals surface area (Å²) < 4.78 is 18.5. The Balaban J connectivity index is 2.49. The van der Waals surface area contributed by atoms with Gasteiger partial charge < -0.3 is 10.5 Å². The molecule has 0 bridgehead atoms.